The van der Waals surface area contributed by atoms with E-state index >= 15 is 0 Å². The number of ketones is 2. The molecule has 1 aliphatic carbocycles. The van der Waals surface area contributed by atoms with Gasteiger partial charge in [0.1, 0.15) is 0 Å². The summed E-state index contributed by atoms with van der Waals surface area (Å²) in [7, 11) is 0. The molecule has 2 aromatic carbocycles. The number of carboxylic acids is 1. The summed E-state index contributed by atoms with van der Waals surface area (Å²) in [4.78, 5) is 36.4. The van der Waals surface area contributed by atoms with E-state index in [2.05, 4.69) is 0 Å². The number of hydrogen-bond donors (Lipinski definition) is 1. The fraction of sp³-hybridized carbons (Fsp3) is 0. The zero-order valence-electron chi connectivity index (χ0n) is 11.3. The van der Waals surface area contributed by atoms with Gasteiger partial charge in [0.2, 0.25) is 5.78 Å². The molecule has 0 aliphatic heterocycles. The average Bonchev–Trinajstić information content (AvgIpc) is 2.53. The molecule has 5 heteroatoms. The SMILES string of the molecule is O=C(O)c1ccccc1SC1=CC(=O)c2ccccc2C1=O. The normalized spacial score (nSPS) is 13.5. The molecule has 3 rings (SSSR count). The fourth-order valence-electron chi connectivity index (χ4n) is 2.22. The Bertz CT molecular complexity index is 836. The molecule has 2 aromatic rings. The van der Waals surface area contributed by atoms with Crippen molar-refractivity contribution in [2.24, 2.45) is 0 Å². The quantitative estimate of drug-likeness (QED) is 0.940. The van der Waals surface area contributed by atoms with Crippen molar-refractivity contribution in [3.63, 3.8) is 0 Å². The lowest BCUT2D eigenvalue weighted by Crippen LogP contribution is -2.15. The molecule has 0 radical (unpaired) electrons. The number of carbonyl (C=O) groups excluding carboxylic acids is 2. The number of fused-ring (bicyclic) bond motifs is 1. The molecule has 108 valence electrons. The van der Waals surface area contributed by atoms with Crippen LogP contribution in [-0.2, 0) is 0 Å². The van der Waals surface area contributed by atoms with Gasteiger partial charge in [0.05, 0.1) is 10.5 Å². The summed E-state index contributed by atoms with van der Waals surface area (Å²) < 4.78 is 0. The molecule has 0 amide bonds. The molecule has 0 saturated heterocycles. The van der Waals surface area contributed by atoms with Gasteiger partial charge in [0.15, 0.2) is 5.78 Å². The van der Waals surface area contributed by atoms with Crippen molar-refractivity contribution in [1.29, 1.82) is 0 Å². The van der Waals surface area contributed by atoms with Crippen molar-refractivity contribution < 1.29 is 19.5 Å². The van der Waals surface area contributed by atoms with Gasteiger partial charge in [-0.25, -0.2) is 4.79 Å². The molecular weight excluding hydrogens is 300 g/mol. The lowest BCUT2D eigenvalue weighted by Gasteiger charge is -2.15. The van der Waals surface area contributed by atoms with E-state index in [-0.39, 0.29) is 22.0 Å². The third-order valence-electron chi connectivity index (χ3n) is 3.26. The molecule has 4 nitrogen and oxygen atoms in total. The van der Waals surface area contributed by atoms with Crippen molar-refractivity contribution in [1.82, 2.24) is 0 Å². The van der Waals surface area contributed by atoms with E-state index in [1.807, 2.05) is 0 Å². The lowest BCUT2D eigenvalue weighted by atomic mass is 9.95. The first-order valence-electron chi connectivity index (χ1n) is 6.48. The number of rotatable bonds is 3. The summed E-state index contributed by atoms with van der Waals surface area (Å²) in [5, 5.41) is 9.19. The van der Waals surface area contributed by atoms with Gasteiger partial charge in [0, 0.05) is 22.1 Å². The van der Waals surface area contributed by atoms with Gasteiger partial charge in [-0.3, -0.25) is 9.59 Å². The fourth-order valence-corrected chi connectivity index (χ4v) is 3.24. The minimum absolute atomic E-state index is 0.104. The first-order chi connectivity index (χ1) is 10.6. The van der Waals surface area contributed by atoms with E-state index in [1.54, 1.807) is 42.5 Å². The third kappa shape index (κ3) is 2.46. The predicted octanol–water partition coefficient (Wildman–Crippen LogP) is 3.44. The number of thioether (sulfide) groups is 1. The van der Waals surface area contributed by atoms with Crippen LogP contribution >= 0.6 is 11.8 Å². The van der Waals surface area contributed by atoms with Crippen LogP contribution in [-0.4, -0.2) is 22.6 Å². The second kappa shape index (κ2) is 5.61. The second-order valence-electron chi connectivity index (χ2n) is 4.65. The van der Waals surface area contributed by atoms with E-state index in [0.29, 0.717) is 16.0 Å². The van der Waals surface area contributed by atoms with Gasteiger partial charge >= 0.3 is 5.97 Å². The molecule has 0 unspecified atom stereocenters. The Kier molecular flexibility index (Phi) is 3.65. The van der Waals surface area contributed by atoms with E-state index in [4.69, 9.17) is 0 Å². The van der Waals surface area contributed by atoms with Gasteiger partial charge in [-0.15, -0.1) is 0 Å². The van der Waals surface area contributed by atoms with Crippen molar-refractivity contribution in [2.45, 2.75) is 4.90 Å². The number of benzene rings is 2. The molecule has 1 N–H and O–H groups in total. The van der Waals surface area contributed by atoms with Crippen LogP contribution in [0.25, 0.3) is 0 Å². The standard InChI is InChI=1S/C17H10O4S/c18-13-9-15(16(19)11-6-2-1-5-10(11)13)22-14-8-4-3-7-12(14)17(20)21/h1-9H,(H,20,21). The summed E-state index contributed by atoms with van der Waals surface area (Å²) in [6, 6.07) is 13.0. The van der Waals surface area contributed by atoms with Gasteiger partial charge in [-0.1, -0.05) is 48.2 Å². The van der Waals surface area contributed by atoms with Crippen molar-refractivity contribution in [3.05, 3.63) is 76.2 Å². The van der Waals surface area contributed by atoms with Gasteiger partial charge < -0.3 is 5.11 Å². The number of Topliss-reactive ketones (excluding diaryl/α,β-unsaturated/α-hetero) is 1. The smallest absolute Gasteiger partial charge is 0.336 e. The van der Waals surface area contributed by atoms with Crippen LogP contribution in [0.5, 0.6) is 0 Å². The van der Waals surface area contributed by atoms with Crippen LogP contribution in [0.4, 0.5) is 0 Å². The van der Waals surface area contributed by atoms with Crippen LogP contribution in [0, 0.1) is 0 Å². The molecule has 0 heterocycles. The predicted molar refractivity (Wildman–Crippen MR) is 82.4 cm³/mol. The van der Waals surface area contributed by atoms with E-state index in [0.717, 1.165) is 11.8 Å². The highest BCUT2D eigenvalue weighted by Gasteiger charge is 2.26. The maximum Gasteiger partial charge on any atom is 0.336 e. The summed E-state index contributed by atoms with van der Waals surface area (Å²) in [6.07, 6.45) is 1.27. The Morgan fingerprint density at radius 1 is 0.909 bits per heavy atom. The zero-order chi connectivity index (χ0) is 15.7. The molecule has 0 aromatic heterocycles. The minimum atomic E-state index is -1.07. The summed E-state index contributed by atoms with van der Waals surface area (Å²) in [5.41, 5.74) is 0.834. The van der Waals surface area contributed by atoms with Gasteiger partial charge in [-0.05, 0) is 12.1 Å². The Morgan fingerprint density at radius 2 is 1.55 bits per heavy atom. The zero-order valence-corrected chi connectivity index (χ0v) is 12.1. The molecule has 0 saturated carbocycles. The molecule has 22 heavy (non-hydrogen) atoms. The average molecular weight is 310 g/mol. The number of aromatic carboxylic acids is 1. The van der Waals surface area contributed by atoms with Crippen LogP contribution in [0.3, 0.4) is 0 Å². The van der Waals surface area contributed by atoms with Crippen molar-refractivity contribution >= 4 is 29.3 Å². The Labute approximate surface area is 130 Å². The third-order valence-corrected chi connectivity index (χ3v) is 4.36. The molecule has 0 bridgehead atoms. The lowest BCUT2D eigenvalue weighted by molar-refractivity contribution is 0.0692. The summed E-state index contributed by atoms with van der Waals surface area (Å²) in [5.74, 6) is -1.58. The van der Waals surface area contributed by atoms with Crippen LogP contribution in [0.15, 0.2) is 64.4 Å². The molecule has 1 aliphatic rings. The number of carboxylic acid groups (broad SMARTS) is 1. The first kappa shape index (κ1) is 14.3. The maximum atomic E-state index is 12.5. The highest BCUT2D eigenvalue weighted by Crippen LogP contribution is 2.35. The first-order valence-corrected chi connectivity index (χ1v) is 7.29. The van der Waals surface area contributed by atoms with E-state index < -0.39 is 5.97 Å². The monoisotopic (exact) mass is 310 g/mol. The Morgan fingerprint density at radius 3 is 2.27 bits per heavy atom. The number of carbonyl (C=O) groups is 3. The van der Waals surface area contributed by atoms with Crippen LogP contribution in [0.2, 0.25) is 0 Å². The van der Waals surface area contributed by atoms with Gasteiger partial charge in [-0.2, -0.15) is 0 Å². The van der Waals surface area contributed by atoms with Crippen molar-refractivity contribution in [2.75, 3.05) is 0 Å². The minimum Gasteiger partial charge on any atom is -0.478 e. The topological polar surface area (TPSA) is 71.4 Å². The van der Waals surface area contributed by atoms with E-state index in [9.17, 15) is 19.5 Å². The Hall–Kier alpha value is -2.66. The van der Waals surface area contributed by atoms with E-state index in [1.165, 1.54) is 12.1 Å². The Balaban J connectivity index is 2.00. The molecule has 0 atom stereocenters. The maximum absolute atomic E-state index is 12.5. The number of hydrogen-bond acceptors (Lipinski definition) is 4. The second-order valence-corrected chi connectivity index (χ2v) is 5.73. The summed E-state index contributed by atoms with van der Waals surface area (Å²) in [6.45, 7) is 0. The highest BCUT2D eigenvalue weighted by atomic mass is 32.2. The van der Waals surface area contributed by atoms with Crippen LogP contribution < -0.4 is 0 Å². The molecular formula is C17H10O4S. The highest BCUT2D eigenvalue weighted by molar-refractivity contribution is 8.04. The summed E-state index contributed by atoms with van der Waals surface area (Å²) >= 11 is 1.00. The number of allylic oxidation sites excluding steroid dienone is 2. The van der Waals surface area contributed by atoms with Crippen molar-refractivity contribution in [3.8, 4) is 0 Å². The van der Waals surface area contributed by atoms with Gasteiger partial charge in [0.25, 0.3) is 0 Å². The molecule has 0 spiro atoms. The molecule has 0 fully saturated rings. The van der Waals surface area contributed by atoms with Crippen LogP contribution in [0.1, 0.15) is 31.1 Å². The largest absolute Gasteiger partial charge is 0.478 e.